The highest BCUT2D eigenvalue weighted by Gasteiger charge is 2.30. The standard InChI is InChI=1S/C24H28F3N3O2/c1-17-5-2-9-21(13-17)29-23(32)30-12-4-7-18(16-30)10-11-22(31)28-15-19-6-3-8-20(14-19)24(25,26)27/h2-3,5-6,8-9,13-14,18H,4,7,10-12,15-16H2,1H3,(H,28,31)(H,29,32)/t18-/m0/s1. The Bertz CT molecular complexity index is 946. The molecule has 2 N–H and O–H groups in total. The predicted octanol–water partition coefficient (Wildman–Crippen LogP) is 5.35. The summed E-state index contributed by atoms with van der Waals surface area (Å²) in [7, 11) is 0. The van der Waals surface area contributed by atoms with Gasteiger partial charge in [0.2, 0.25) is 5.91 Å². The lowest BCUT2D eigenvalue weighted by Crippen LogP contribution is -2.42. The van der Waals surface area contributed by atoms with Gasteiger partial charge in [0.05, 0.1) is 5.56 Å². The van der Waals surface area contributed by atoms with Gasteiger partial charge in [-0.15, -0.1) is 0 Å². The molecule has 172 valence electrons. The number of likely N-dealkylation sites (tertiary alicyclic amines) is 1. The van der Waals surface area contributed by atoms with E-state index < -0.39 is 11.7 Å². The zero-order chi connectivity index (χ0) is 23.1. The molecule has 0 aromatic heterocycles. The lowest BCUT2D eigenvalue weighted by molar-refractivity contribution is -0.137. The van der Waals surface area contributed by atoms with Gasteiger partial charge in [0, 0.05) is 31.7 Å². The van der Waals surface area contributed by atoms with Gasteiger partial charge in [0.1, 0.15) is 0 Å². The summed E-state index contributed by atoms with van der Waals surface area (Å²) in [6, 6.07) is 12.4. The number of amides is 3. The van der Waals surface area contributed by atoms with E-state index in [0.717, 1.165) is 36.2 Å². The first kappa shape index (κ1) is 23.6. The van der Waals surface area contributed by atoms with Crippen molar-refractivity contribution in [3.05, 3.63) is 65.2 Å². The molecular formula is C24H28F3N3O2. The van der Waals surface area contributed by atoms with Crippen molar-refractivity contribution in [1.29, 1.82) is 0 Å². The van der Waals surface area contributed by atoms with E-state index in [2.05, 4.69) is 10.6 Å². The number of rotatable bonds is 6. The molecule has 1 atom stereocenters. The first-order valence-corrected chi connectivity index (χ1v) is 10.8. The Morgan fingerprint density at radius 3 is 2.66 bits per heavy atom. The number of halogens is 3. The van der Waals surface area contributed by atoms with Crippen LogP contribution in [0.3, 0.4) is 0 Å². The molecular weight excluding hydrogens is 419 g/mol. The minimum atomic E-state index is -4.40. The van der Waals surface area contributed by atoms with E-state index in [1.807, 2.05) is 31.2 Å². The fourth-order valence-electron chi connectivity index (χ4n) is 3.89. The van der Waals surface area contributed by atoms with Crippen LogP contribution < -0.4 is 10.6 Å². The third kappa shape index (κ3) is 7.00. The van der Waals surface area contributed by atoms with Gasteiger partial charge in [-0.3, -0.25) is 4.79 Å². The Hall–Kier alpha value is -3.03. The van der Waals surface area contributed by atoms with Crippen LogP contribution >= 0.6 is 0 Å². The zero-order valence-electron chi connectivity index (χ0n) is 18.0. The van der Waals surface area contributed by atoms with Crippen LogP contribution in [0.2, 0.25) is 0 Å². The number of piperidine rings is 1. The molecule has 5 nitrogen and oxygen atoms in total. The molecule has 0 aliphatic carbocycles. The quantitative estimate of drug-likeness (QED) is 0.627. The van der Waals surface area contributed by atoms with Crippen molar-refractivity contribution in [2.24, 2.45) is 5.92 Å². The second kappa shape index (κ2) is 10.5. The summed E-state index contributed by atoms with van der Waals surface area (Å²) in [5.74, 6) is 0.00932. The fourth-order valence-corrected chi connectivity index (χ4v) is 3.89. The molecule has 1 saturated heterocycles. The number of alkyl halides is 3. The van der Waals surface area contributed by atoms with Crippen molar-refractivity contribution < 1.29 is 22.8 Å². The van der Waals surface area contributed by atoms with Crippen LogP contribution in [0.25, 0.3) is 0 Å². The Kier molecular flexibility index (Phi) is 7.77. The van der Waals surface area contributed by atoms with Crippen LogP contribution in [-0.2, 0) is 17.5 Å². The fraction of sp³-hybridized carbons (Fsp3) is 0.417. The lowest BCUT2D eigenvalue weighted by atomic mass is 9.93. The molecule has 1 heterocycles. The Morgan fingerprint density at radius 1 is 1.12 bits per heavy atom. The third-order valence-corrected chi connectivity index (χ3v) is 5.60. The van der Waals surface area contributed by atoms with Gasteiger partial charge in [-0.25, -0.2) is 4.79 Å². The molecule has 0 bridgehead atoms. The largest absolute Gasteiger partial charge is 0.416 e. The molecule has 2 aromatic carbocycles. The van der Waals surface area contributed by atoms with E-state index >= 15 is 0 Å². The maximum absolute atomic E-state index is 12.8. The zero-order valence-corrected chi connectivity index (χ0v) is 18.0. The summed E-state index contributed by atoms with van der Waals surface area (Å²) in [5, 5.41) is 5.61. The van der Waals surface area contributed by atoms with Gasteiger partial charge < -0.3 is 15.5 Å². The van der Waals surface area contributed by atoms with E-state index in [0.29, 0.717) is 25.1 Å². The predicted molar refractivity (Wildman–Crippen MR) is 117 cm³/mol. The number of carbonyl (C=O) groups is 2. The summed E-state index contributed by atoms with van der Waals surface area (Å²) in [5.41, 5.74) is 1.50. The van der Waals surface area contributed by atoms with Crippen LogP contribution in [0, 0.1) is 12.8 Å². The maximum Gasteiger partial charge on any atom is 0.416 e. The number of benzene rings is 2. The van der Waals surface area contributed by atoms with Crippen LogP contribution in [-0.4, -0.2) is 29.9 Å². The summed E-state index contributed by atoms with van der Waals surface area (Å²) in [6.45, 7) is 3.28. The molecule has 3 rings (SSSR count). The first-order valence-electron chi connectivity index (χ1n) is 10.8. The molecule has 0 unspecified atom stereocenters. The molecule has 3 amide bonds. The summed E-state index contributed by atoms with van der Waals surface area (Å²) in [4.78, 5) is 26.6. The average Bonchev–Trinajstić information content (AvgIpc) is 2.76. The van der Waals surface area contributed by atoms with Crippen LogP contribution in [0.1, 0.15) is 42.4 Å². The highest BCUT2D eigenvalue weighted by Crippen LogP contribution is 2.29. The monoisotopic (exact) mass is 447 g/mol. The second-order valence-corrected chi connectivity index (χ2v) is 8.27. The van der Waals surface area contributed by atoms with E-state index in [-0.39, 0.29) is 30.8 Å². The lowest BCUT2D eigenvalue weighted by Gasteiger charge is -2.32. The number of urea groups is 1. The van der Waals surface area contributed by atoms with Gasteiger partial charge in [0.15, 0.2) is 0 Å². The molecule has 0 saturated carbocycles. The molecule has 2 aromatic rings. The number of hydrogen-bond acceptors (Lipinski definition) is 2. The molecule has 1 fully saturated rings. The van der Waals surface area contributed by atoms with Crippen molar-refractivity contribution in [3.8, 4) is 0 Å². The van der Waals surface area contributed by atoms with Crippen LogP contribution in [0.4, 0.5) is 23.7 Å². The smallest absolute Gasteiger partial charge is 0.352 e. The first-order chi connectivity index (χ1) is 15.2. The van der Waals surface area contributed by atoms with Gasteiger partial charge in [-0.05, 0) is 67.5 Å². The number of nitrogens with zero attached hydrogens (tertiary/aromatic N) is 1. The van der Waals surface area contributed by atoms with Crippen molar-refractivity contribution in [2.75, 3.05) is 18.4 Å². The molecule has 0 radical (unpaired) electrons. The maximum atomic E-state index is 12.8. The van der Waals surface area contributed by atoms with Crippen molar-refractivity contribution in [3.63, 3.8) is 0 Å². The molecule has 8 heteroatoms. The van der Waals surface area contributed by atoms with Gasteiger partial charge >= 0.3 is 12.2 Å². The summed E-state index contributed by atoms with van der Waals surface area (Å²) < 4.78 is 38.4. The summed E-state index contributed by atoms with van der Waals surface area (Å²) >= 11 is 0. The molecule has 1 aliphatic rings. The Balaban J connectivity index is 1.43. The molecule has 32 heavy (non-hydrogen) atoms. The number of aryl methyl sites for hydroxylation is 1. The molecule has 0 spiro atoms. The van der Waals surface area contributed by atoms with E-state index in [1.165, 1.54) is 6.07 Å². The summed E-state index contributed by atoms with van der Waals surface area (Å²) in [6.07, 6.45) is -1.69. The minimum Gasteiger partial charge on any atom is -0.352 e. The average molecular weight is 448 g/mol. The SMILES string of the molecule is Cc1cccc(NC(=O)N2CCC[C@@H](CCC(=O)NCc3cccc(C(F)(F)F)c3)C2)c1. The minimum absolute atomic E-state index is 0.0540. The van der Waals surface area contributed by atoms with E-state index in [4.69, 9.17) is 0 Å². The van der Waals surface area contributed by atoms with Crippen LogP contribution in [0.5, 0.6) is 0 Å². The third-order valence-electron chi connectivity index (χ3n) is 5.60. The number of hydrogen-bond donors (Lipinski definition) is 2. The second-order valence-electron chi connectivity index (χ2n) is 8.27. The van der Waals surface area contributed by atoms with E-state index in [9.17, 15) is 22.8 Å². The normalized spacial score (nSPS) is 16.5. The number of nitrogens with one attached hydrogen (secondary N) is 2. The molecule has 1 aliphatic heterocycles. The van der Waals surface area contributed by atoms with Crippen molar-refractivity contribution >= 4 is 17.6 Å². The van der Waals surface area contributed by atoms with Gasteiger partial charge in [-0.1, -0.05) is 24.3 Å². The number of anilines is 1. The highest BCUT2D eigenvalue weighted by atomic mass is 19.4. The van der Waals surface area contributed by atoms with Crippen molar-refractivity contribution in [1.82, 2.24) is 10.2 Å². The topological polar surface area (TPSA) is 61.4 Å². The van der Waals surface area contributed by atoms with Crippen LogP contribution in [0.15, 0.2) is 48.5 Å². The van der Waals surface area contributed by atoms with Gasteiger partial charge in [-0.2, -0.15) is 13.2 Å². The Labute approximate surface area is 186 Å². The Morgan fingerprint density at radius 2 is 1.91 bits per heavy atom. The number of carbonyl (C=O) groups excluding carboxylic acids is 2. The highest BCUT2D eigenvalue weighted by molar-refractivity contribution is 5.89. The van der Waals surface area contributed by atoms with Gasteiger partial charge in [0.25, 0.3) is 0 Å². The van der Waals surface area contributed by atoms with Crippen molar-refractivity contribution in [2.45, 2.75) is 45.3 Å². The van der Waals surface area contributed by atoms with E-state index in [1.54, 1.807) is 11.0 Å².